The molecule has 258 valence electrons. The van der Waals surface area contributed by atoms with Crippen molar-refractivity contribution in [1.82, 2.24) is 0 Å². The van der Waals surface area contributed by atoms with E-state index in [9.17, 15) is 16.9 Å². The molecule has 3 aromatic carbocycles. The molecule has 0 radical (unpaired) electrons. The van der Waals surface area contributed by atoms with Crippen molar-refractivity contribution in [3.63, 3.8) is 0 Å². The van der Waals surface area contributed by atoms with Crippen molar-refractivity contribution in [2.24, 2.45) is 0 Å². The second kappa shape index (κ2) is 18.4. The summed E-state index contributed by atoms with van der Waals surface area (Å²) < 4.78 is 67.7. The van der Waals surface area contributed by atoms with E-state index in [1.54, 1.807) is 0 Å². The molecule has 1 aliphatic rings. The van der Waals surface area contributed by atoms with Crippen LogP contribution in [0, 0.1) is 3.57 Å². The third-order valence-corrected chi connectivity index (χ3v) is 11.5. The molecule has 0 fully saturated rings. The summed E-state index contributed by atoms with van der Waals surface area (Å²) in [5.74, 6) is 1.02. The molecule has 0 amide bonds. The van der Waals surface area contributed by atoms with Crippen LogP contribution in [0.15, 0.2) is 72.8 Å². The summed E-state index contributed by atoms with van der Waals surface area (Å²) in [4.78, 5) is 0. The number of rotatable bonds is 20. The van der Waals surface area contributed by atoms with E-state index in [-0.39, 0.29) is 21.2 Å². The van der Waals surface area contributed by atoms with Crippen molar-refractivity contribution in [2.75, 3.05) is 6.61 Å². The van der Waals surface area contributed by atoms with E-state index in [0.717, 1.165) is 12.4 Å². The molecule has 0 heterocycles. The second-order valence-electron chi connectivity index (χ2n) is 12.2. The first-order valence-electron chi connectivity index (χ1n) is 16.9. The molecule has 1 nitrogen and oxygen atoms in total. The fourth-order valence-electron chi connectivity index (χ4n) is 5.78. The molecule has 0 aromatic heterocycles. The molecule has 0 N–H and O–H groups in total. The number of alkyl halides is 1. The summed E-state index contributed by atoms with van der Waals surface area (Å²) in [5, 5.41) is 0. The van der Waals surface area contributed by atoms with Crippen LogP contribution in [0.4, 0.5) is 16.9 Å². The van der Waals surface area contributed by atoms with E-state index in [0.29, 0.717) is 3.92 Å². The SMILES string of the molecule is CCCCCCCCCCCCCCCCCCOc1ccc([I+]C2c3ccccc3-c3ccccc32)cc1.[F][Sb-]([F])([F])([F])([F])[F]. The molecule has 0 atom stereocenters. The average Bonchev–Trinajstić information content (AvgIpc) is 3.31. The van der Waals surface area contributed by atoms with E-state index in [1.165, 1.54) is 129 Å². The maximum atomic E-state index is 9.93. The van der Waals surface area contributed by atoms with Crippen molar-refractivity contribution in [3.05, 3.63) is 87.5 Å². The van der Waals surface area contributed by atoms with E-state index >= 15 is 0 Å². The Hall–Kier alpha value is -1.41. The third-order valence-electron chi connectivity index (χ3n) is 8.07. The molecule has 1 aliphatic carbocycles. The minimum absolute atomic E-state index is 0.160. The number of hydrogen-bond donors (Lipinski definition) is 0. The zero-order valence-corrected chi connectivity index (χ0v) is 31.7. The van der Waals surface area contributed by atoms with Gasteiger partial charge in [-0.3, -0.25) is 0 Å². The summed E-state index contributed by atoms with van der Waals surface area (Å²) in [5.41, 5.74) is 5.87. The summed E-state index contributed by atoms with van der Waals surface area (Å²) in [6.07, 6.45) is 22.5. The van der Waals surface area contributed by atoms with Crippen LogP contribution in [0.5, 0.6) is 5.75 Å². The average molecular weight is 873 g/mol. The molecule has 4 rings (SSSR count). The normalized spacial score (nSPS) is 14.1. The number of hydrogen-bond acceptors (Lipinski definition) is 1. The van der Waals surface area contributed by atoms with Gasteiger partial charge < -0.3 is 4.74 Å². The quantitative estimate of drug-likeness (QED) is 0.0361. The monoisotopic (exact) mass is 872 g/mol. The van der Waals surface area contributed by atoms with Crippen LogP contribution in [-0.4, -0.2) is 26.1 Å². The van der Waals surface area contributed by atoms with Gasteiger partial charge in [0, 0.05) is 11.1 Å². The van der Waals surface area contributed by atoms with E-state index in [2.05, 4.69) is 79.7 Å². The third kappa shape index (κ3) is 17.1. The van der Waals surface area contributed by atoms with E-state index in [4.69, 9.17) is 4.74 Å². The Kier molecular flexibility index (Phi) is 15.6. The fourth-order valence-corrected chi connectivity index (χ4v) is 9.03. The summed E-state index contributed by atoms with van der Waals surface area (Å²) in [7, 11) is 0. The van der Waals surface area contributed by atoms with Crippen LogP contribution in [0.3, 0.4) is 0 Å². The van der Waals surface area contributed by atoms with Crippen molar-refractivity contribution in [3.8, 4) is 16.9 Å². The van der Waals surface area contributed by atoms with Crippen molar-refractivity contribution in [2.45, 2.75) is 114 Å². The van der Waals surface area contributed by atoms with Crippen LogP contribution >= 0.6 is 0 Å². The Morgan fingerprint density at radius 3 is 1.30 bits per heavy atom. The molecular formula is C37H50F6IOSb. The number of fused-ring (bicyclic) bond motifs is 3. The molecular weight excluding hydrogens is 823 g/mol. The van der Waals surface area contributed by atoms with Gasteiger partial charge in [-0.05, 0) is 41.8 Å². The summed E-state index contributed by atoms with van der Waals surface area (Å²) >= 11 is -11.4. The summed E-state index contributed by atoms with van der Waals surface area (Å²) in [6.45, 7) is 3.14. The molecule has 0 unspecified atom stereocenters. The van der Waals surface area contributed by atoms with Crippen LogP contribution < -0.4 is 25.9 Å². The Morgan fingerprint density at radius 1 is 0.522 bits per heavy atom. The zero-order valence-electron chi connectivity index (χ0n) is 27.0. The standard InChI is InChI=1S/C37H50IO.6FH.Sb/c1-2-3-4-5-6-7-8-9-10-11-12-13-14-15-16-21-30-39-32-28-26-31(27-29-32)38-37-35-24-19-17-22-33(35)34-23-18-20-25-36(34)37;;;;;;;/h17-20,22-29,37H,2-16,21,30H2,1H3;6*1H;/q+1;;;;;;;+5/p-6. The molecule has 9 heteroatoms. The van der Waals surface area contributed by atoms with Gasteiger partial charge in [0.15, 0.2) is 3.57 Å². The Morgan fingerprint density at radius 2 is 0.891 bits per heavy atom. The zero-order chi connectivity index (χ0) is 33.4. The predicted molar refractivity (Wildman–Crippen MR) is 176 cm³/mol. The molecule has 0 saturated heterocycles. The molecule has 3 aromatic rings. The number of benzene rings is 3. The topological polar surface area (TPSA) is 9.23 Å². The second-order valence-corrected chi connectivity index (χ2v) is 20.8. The minimum atomic E-state index is -11.2. The Labute approximate surface area is 285 Å². The van der Waals surface area contributed by atoms with Gasteiger partial charge in [0.05, 0.1) is 6.61 Å². The molecule has 0 aliphatic heterocycles. The van der Waals surface area contributed by atoms with Crippen LogP contribution in [0.2, 0.25) is 0 Å². The Balaban J connectivity index is 0.000000738. The van der Waals surface area contributed by atoms with Gasteiger partial charge in [-0.25, -0.2) is 0 Å². The first kappa shape index (κ1) is 39.0. The van der Waals surface area contributed by atoms with Crippen molar-refractivity contribution >= 4 is 19.5 Å². The van der Waals surface area contributed by atoms with E-state index < -0.39 is 19.5 Å². The number of unbranched alkanes of at least 4 members (excludes halogenated alkanes) is 15. The molecule has 0 spiro atoms. The number of halogens is 7. The first-order chi connectivity index (χ1) is 21.8. The van der Waals surface area contributed by atoms with Gasteiger partial charge in [-0.1, -0.05) is 152 Å². The van der Waals surface area contributed by atoms with Crippen molar-refractivity contribution in [1.29, 1.82) is 0 Å². The van der Waals surface area contributed by atoms with Gasteiger partial charge in [-0.2, -0.15) is 0 Å². The number of ether oxygens (including phenoxy) is 1. The molecule has 46 heavy (non-hydrogen) atoms. The van der Waals surface area contributed by atoms with Crippen LogP contribution in [0.25, 0.3) is 11.1 Å². The van der Waals surface area contributed by atoms with Gasteiger partial charge in [0.1, 0.15) is 5.75 Å². The van der Waals surface area contributed by atoms with Gasteiger partial charge in [0.25, 0.3) is 0 Å². The van der Waals surface area contributed by atoms with Gasteiger partial charge in [0.2, 0.25) is 3.92 Å². The fraction of sp³-hybridized carbons (Fsp3) is 0.514. The van der Waals surface area contributed by atoms with Crippen molar-refractivity contribution < 1.29 is 42.8 Å². The van der Waals surface area contributed by atoms with E-state index in [1.807, 2.05) is 0 Å². The van der Waals surface area contributed by atoms with Gasteiger partial charge in [-0.15, -0.1) is 0 Å². The molecule has 0 bridgehead atoms. The maximum absolute atomic E-state index is 11.2. The first-order valence-corrected chi connectivity index (χ1v) is 25.0. The van der Waals surface area contributed by atoms with Crippen LogP contribution in [-0.2, 0) is 0 Å². The Bertz CT molecular complexity index is 1240. The predicted octanol–water partition coefficient (Wildman–Crippen LogP) is 10.5. The van der Waals surface area contributed by atoms with Gasteiger partial charge >= 0.3 is 57.6 Å². The summed E-state index contributed by atoms with van der Waals surface area (Å²) in [6, 6.07) is 26.9. The van der Waals surface area contributed by atoms with Crippen LogP contribution in [0.1, 0.15) is 125 Å². The molecule has 0 saturated carbocycles.